The van der Waals surface area contributed by atoms with E-state index < -0.39 is 0 Å². The second kappa shape index (κ2) is 5.90. The van der Waals surface area contributed by atoms with Crippen LogP contribution in [0.1, 0.15) is 12.5 Å². The van der Waals surface area contributed by atoms with Crippen LogP contribution in [0.15, 0.2) is 18.2 Å². The normalized spacial score (nSPS) is 23.6. The quantitative estimate of drug-likeness (QED) is 0.889. The Morgan fingerprint density at radius 2 is 2.26 bits per heavy atom. The van der Waals surface area contributed by atoms with Crippen LogP contribution in [0.3, 0.4) is 0 Å². The van der Waals surface area contributed by atoms with Crippen molar-refractivity contribution >= 4 is 23.2 Å². The molecule has 1 saturated heterocycles. The van der Waals surface area contributed by atoms with Crippen molar-refractivity contribution in [3.63, 3.8) is 0 Å². The summed E-state index contributed by atoms with van der Waals surface area (Å²) in [6, 6.07) is 5.61. The third-order valence-corrected chi connectivity index (χ3v) is 3.81. The lowest BCUT2D eigenvalue weighted by Crippen LogP contribution is -2.33. The van der Waals surface area contributed by atoms with Gasteiger partial charge in [-0.05, 0) is 36.6 Å². The number of carbonyl (C=O) groups excluding carboxylic acids is 1. The molecule has 1 aliphatic rings. The SMILES string of the molecule is Cc1cc(Cl)ccc1NC(=O)CN1CC(C)C(N)C1. The molecule has 1 fully saturated rings. The molecule has 3 N–H and O–H groups in total. The van der Waals surface area contributed by atoms with Crippen LogP contribution in [0.25, 0.3) is 0 Å². The number of benzene rings is 1. The Labute approximate surface area is 118 Å². The first-order valence-electron chi connectivity index (χ1n) is 6.49. The highest BCUT2D eigenvalue weighted by Gasteiger charge is 2.27. The molecule has 1 heterocycles. The molecule has 1 amide bonds. The molecule has 1 aliphatic heterocycles. The Kier molecular flexibility index (Phi) is 4.45. The zero-order valence-electron chi connectivity index (χ0n) is 11.3. The summed E-state index contributed by atoms with van der Waals surface area (Å²) in [6.07, 6.45) is 0. The number of hydrogen-bond acceptors (Lipinski definition) is 3. The fourth-order valence-corrected chi connectivity index (χ4v) is 2.61. The lowest BCUT2D eigenvalue weighted by Gasteiger charge is -2.15. The van der Waals surface area contributed by atoms with Crippen molar-refractivity contribution in [2.45, 2.75) is 19.9 Å². The lowest BCUT2D eigenvalue weighted by atomic mass is 10.1. The summed E-state index contributed by atoms with van der Waals surface area (Å²) in [6.45, 7) is 6.10. The molecule has 1 aromatic rings. The zero-order valence-corrected chi connectivity index (χ0v) is 12.1. The highest BCUT2D eigenvalue weighted by Crippen LogP contribution is 2.20. The average molecular weight is 282 g/mol. The summed E-state index contributed by atoms with van der Waals surface area (Å²) >= 11 is 5.89. The van der Waals surface area contributed by atoms with E-state index in [1.54, 1.807) is 6.07 Å². The number of anilines is 1. The molecule has 0 aliphatic carbocycles. The summed E-state index contributed by atoms with van der Waals surface area (Å²) in [5, 5.41) is 3.59. The maximum atomic E-state index is 12.0. The van der Waals surface area contributed by atoms with E-state index in [4.69, 9.17) is 17.3 Å². The van der Waals surface area contributed by atoms with E-state index in [1.807, 2.05) is 19.1 Å². The lowest BCUT2D eigenvalue weighted by molar-refractivity contribution is -0.117. The molecule has 0 saturated carbocycles. The standard InChI is InChI=1S/C14H20ClN3O/c1-9-5-11(15)3-4-13(9)17-14(19)8-18-6-10(2)12(16)7-18/h3-5,10,12H,6-8,16H2,1-2H3,(H,17,19). The Bertz CT molecular complexity index is 468. The maximum Gasteiger partial charge on any atom is 0.238 e. The molecular formula is C14H20ClN3O. The summed E-state index contributed by atoms with van der Waals surface area (Å²) < 4.78 is 0. The molecule has 2 atom stereocenters. The number of likely N-dealkylation sites (tertiary alicyclic amines) is 1. The minimum absolute atomic E-state index is 0.00766. The number of nitrogens with two attached hydrogens (primary N) is 1. The molecule has 0 aromatic heterocycles. The van der Waals surface area contributed by atoms with Crippen LogP contribution in [0.5, 0.6) is 0 Å². The van der Waals surface area contributed by atoms with Gasteiger partial charge >= 0.3 is 0 Å². The molecule has 1 aromatic carbocycles. The third-order valence-electron chi connectivity index (χ3n) is 3.58. The fourth-order valence-electron chi connectivity index (χ4n) is 2.38. The number of carbonyl (C=O) groups is 1. The molecular weight excluding hydrogens is 262 g/mol. The van der Waals surface area contributed by atoms with Crippen LogP contribution in [0.4, 0.5) is 5.69 Å². The smallest absolute Gasteiger partial charge is 0.238 e. The monoisotopic (exact) mass is 281 g/mol. The molecule has 0 spiro atoms. The van der Waals surface area contributed by atoms with Crippen LogP contribution in [-0.2, 0) is 4.79 Å². The van der Waals surface area contributed by atoms with E-state index >= 15 is 0 Å². The highest BCUT2D eigenvalue weighted by molar-refractivity contribution is 6.30. The second-order valence-electron chi connectivity index (χ2n) is 5.34. The van der Waals surface area contributed by atoms with Gasteiger partial charge in [-0.1, -0.05) is 18.5 Å². The van der Waals surface area contributed by atoms with Crippen molar-refractivity contribution in [1.29, 1.82) is 0 Å². The van der Waals surface area contributed by atoms with Gasteiger partial charge in [-0.25, -0.2) is 0 Å². The maximum absolute atomic E-state index is 12.0. The fraction of sp³-hybridized carbons (Fsp3) is 0.500. The van der Waals surface area contributed by atoms with Crippen LogP contribution in [-0.4, -0.2) is 36.5 Å². The van der Waals surface area contributed by atoms with E-state index in [0.29, 0.717) is 17.5 Å². The first kappa shape index (κ1) is 14.3. The van der Waals surface area contributed by atoms with Gasteiger partial charge in [0.05, 0.1) is 6.54 Å². The van der Waals surface area contributed by atoms with Gasteiger partial charge in [-0.3, -0.25) is 9.69 Å². The predicted octanol–water partition coefficient (Wildman–Crippen LogP) is 1.87. The van der Waals surface area contributed by atoms with Gasteiger partial charge in [0.15, 0.2) is 0 Å². The van der Waals surface area contributed by atoms with Crippen molar-refractivity contribution in [2.75, 3.05) is 25.0 Å². The number of amides is 1. The van der Waals surface area contributed by atoms with E-state index in [2.05, 4.69) is 17.1 Å². The van der Waals surface area contributed by atoms with Crippen molar-refractivity contribution in [3.8, 4) is 0 Å². The Hall–Kier alpha value is -1.10. The number of rotatable bonds is 3. The summed E-state index contributed by atoms with van der Waals surface area (Å²) in [4.78, 5) is 14.1. The molecule has 5 heteroatoms. The van der Waals surface area contributed by atoms with Crippen molar-refractivity contribution in [3.05, 3.63) is 28.8 Å². The molecule has 2 unspecified atom stereocenters. The topological polar surface area (TPSA) is 58.4 Å². The van der Waals surface area contributed by atoms with E-state index in [-0.39, 0.29) is 11.9 Å². The molecule has 0 bridgehead atoms. The van der Waals surface area contributed by atoms with E-state index in [0.717, 1.165) is 24.3 Å². The van der Waals surface area contributed by atoms with Gasteiger partial charge in [0, 0.05) is 29.8 Å². The number of halogens is 1. The van der Waals surface area contributed by atoms with Crippen molar-refractivity contribution in [2.24, 2.45) is 11.7 Å². The molecule has 4 nitrogen and oxygen atoms in total. The van der Waals surface area contributed by atoms with Crippen molar-refractivity contribution in [1.82, 2.24) is 4.90 Å². The average Bonchev–Trinajstić information content (AvgIpc) is 2.62. The predicted molar refractivity (Wildman–Crippen MR) is 78.4 cm³/mol. The van der Waals surface area contributed by atoms with E-state index in [1.165, 1.54) is 0 Å². The van der Waals surface area contributed by atoms with Gasteiger partial charge in [-0.15, -0.1) is 0 Å². The summed E-state index contributed by atoms with van der Waals surface area (Å²) in [5.74, 6) is 0.441. The number of nitrogens with one attached hydrogen (secondary N) is 1. The van der Waals surface area contributed by atoms with Gasteiger partial charge in [0.2, 0.25) is 5.91 Å². The van der Waals surface area contributed by atoms with Crippen LogP contribution in [0, 0.1) is 12.8 Å². The minimum Gasteiger partial charge on any atom is -0.326 e. The van der Waals surface area contributed by atoms with Gasteiger partial charge < -0.3 is 11.1 Å². The van der Waals surface area contributed by atoms with Crippen LogP contribution in [0.2, 0.25) is 5.02 Å². The Morgan fingerprint density at radius 3 is 2.84 bits per heavy atom. The van der Waals surface area contributed by atoms with Gasteiger partial charge in [0.25, 0.3) is 0 Å². The molecule has 2 rings (SSSR count). The first-order valence-corrected chi connectivity index (χ1v) is 6.87. The van der Waals surface area contributed by atoms with E-state index in [9.17, 15) is 4.79 Å². The summed E-state index contributed by atoms with van der Waals surface area (Å²) in [5.41, 5.74) is 7.73. The Balaban J connectivity index is 1.91. The van der Waals surface area contributed by atoms with Crippen LogP contribution < -0.4 is 11.1 Å². The number of nitrogens with zero attached hydrogens (tertiary/aromatic N) is 1. The van der Waals surface area contributed by atoms with Gasteiger partial charge in [-0.2, -0.15) is 0 Å². The Morgan fingerprint density at radius 1 is 1.53 bits per heavy atom. The highest BCUT2D eigenvalue weighted by atomic mass is 35.5. The zero-order chi connectivity index (χ0) is 14.0. The summed E-state index contributed by atoms with van der Waals surface area (Å²) in [7, 11) is 0. The minimum atomic E-state index is -0.00766. The molecule has 19 heavy (non-hydrogen) atoms. The van der Waals surface area contributed by atoms with Gasteiger partial charge in [0.1, 0.15) is 0 Å². The molecule has 104 valence electrons. The van der Waals surface area contributed by atoms with Crippen LogP contribution >= 0.6 is 11.6 Å². The number of aryl methyl sites for hydroxylation is 1. The first-order chi connectivity index (χ1) is 8.95. The number of hydrogen-bond donors (Lipinski definition) is 2. The second-order valence-corrected chi connectivity index (χ2v) is 5.78. The van der Waals surface area contributed by atoms with Crippen molar-refractivity contribution < 1.29 is 4.79 Å². The molecule has 0 radical (unpaired) electrons. The largest absolute Gasteiger partial charge is 0.326 e. The third kappa shape index (κ3) is 3.69.